The van der Waals surface area contributed by atoms with E-state index in [4.69, 9.17) is 16.3 Å². The molecule has 2 amide bonds. The number of benzene rings is 1. The molecule has 1 aromatic carbocycles. The van der Waals surface area contributed by atoms with Crippen LogP contribution < -0.4 is 10.6 Å². The van der Waals surface area contributed by atoms with Gasteiger partial charge < -0.3 is 15.4 Å². The van der Waals surface area contributed by atoms with Crippen molar-refractivity contribution in [1.82, 2.24) is 10.6 Å². The Bertz CT molecular complexity index is 604. The van der Waals surface area contributed by atoms with Gasteiger partial charge in [-0.1, -0.05) is 37.6 Å². The lowest BCUT2D eigenvalue weighted by Crippen LogP contribution is -2.47. The van der Waals surface area contributed by atoms with E-state index in [1.807, 2.05) is 0 Å². The quantitative estimate of drug-likeness (QED) is 0.735. The van der Waals surface area contributed by atoms with E-state index in [1.54, 1.807) is 45.0 Å². The highest BCUT2D eigenvalue weighted by molar-refractivity contribution is 6.33. The Morgan fingerprint density at radius 2 is 1.79 bits per heavy atom. The minimum absolute atomic E-state index is 0.217. The Morgan fingerprint density at radius 1 is 1.17 bits per heavy atom. The lowest BCUT2D eigenvalue weighted by atomic mass is 10.0. The highest BCUT2D eigenvalue weighted by atomic mass is 35.5. The van der Waals surface area contributed by atoms with Gasteiger partial charge in [-0.15, -0.1) is 0 Å². The van der Waals surface area contributed by atoms with Gasteiger partial charge in [-0.3, -0.25) is 9.59 Å². The molecule has 0 saturated heterocycles. The van der Waals surface area contributed by atoms with Crippen LogP contribution in [0.25, 0.3) is 0 Å². The van der Waals surface area contributed by atoms with Gasteiger partial charge in [-0.05, 0) is 31.9 Å². The molecular weight excluding hydrogens is 332 g/mol. The van der Waals surface area contributed by atoms with Crippen LogP contribution >= 0.6 is 11.6 Å². The number of halogens is 1. The summed E-state index contributed by atoms with van der Waals surface area (Å²) in [5, 5.41) is 5.49. The molecule has 0 radical (unpaired) electrons. The number of hydrogen-bond acceptors (Lipinski definition) is 4. The molecule has 0 fully saturated rings. The molecule has 1 rings (SSSR count). The van der Waals surface area contributed by atoms with Gasteiger partial charge in [-0.25, -0.2) is 4.79 Å². The van der Waals surface area contributed by atoms with E-state index in [2.05, 4.69) is 10.6 Å². The number of esters is 1. The van der Waals surface area contributed by atoms with Crippen LogP contribution in [0.2, 0.25) is 5.02 Å². The number of amides is 2. The summed E-state index contributed by atoms with van der Waals surface area (Å²) in [5.74, 6) is -1.73. The van der Waals surface area contributed by atoms with Crippen LogP contribution in [0.15, 0.2) is 24.3 Å². The Morgan fingerprint density at radius 3 is 2.33 bits per heavy atom. The van der Waals surface area contributed by atoms with Crippen molar-refractivity contribution in [2.75, 3.05) is 6.54 Å². The van der Waals surface area contributed by atoms with Crippen molar-refractivity contribution in [2.24, 2.45) is 5.92 Å². The van der Waals surface area contributed by atoms with Gasteiger partial charge >= 0.3 is 5.97 Å². The monoisotopic (exact) mass is 354 g/mol. The fourth-order valence-corrected chi connectivity index (χ4v) is 2.20. The van der Waals surface area contributed by atoms with Crippen LogP contribution in [0.5, 0.6) is 0 Å². The predicted octanol–water partition coefficient (Wildman–Crippen LogP) is 2.16. The summed E-state index contributed by atoms with van der Waals surface area (Å²) in [6, 6.07) is 5.67. The molecule has 0 aliphatic rings. The predicted molar refractivity (Wildman–Crippen MR) is 91.8 cm³/mol. The van der Waals surface area contributed by atoms with E-state index in [0.717, 1.165) is 0 Å². The summed E-state index contributed by atoms with van der Waals surface area (Å²) in [6.07, 6.45) is -0.934. The molecule has 24 heavy (non-hydrogen) atoms. The van der Waals surface area contributed by atoms with Crippen LogP contribution in [-0.2, 0) is 14.3 Å². The van der Waals surface area contributed by atoms with Crippen molar-refractivity contribution >= 4 is 29.4 Å². The Labute approximate surface area is 146 Å². The normalized spacial score (nSPS) is 13.1. The molecule has 0 spiro atoms. The van der Waals surface area contributed by atoms with Crippen molar-refractivity contribution in [1.29, 1.82) is 0 Å². The number of nitrogens with one attached hydrogen (secondary N) is 2. The van der Waals surface area contributed by atoms with E-state index < -0.39 is 24.0 Å². The molecule has 2 atom stereocenters. The Kier molecular flexibility index (Phi) is 7.71. The third kappa shape index (κ3) is 5.53. The number of carbonyl (C=O) groups excluding carboxylic acids is 3. The van der Waals surface area contributed by atoms with Gasteiger partial charge in [0.05, 0.1) is 10.6 Å². The van der Waals surface area contributed by atoms with E-state index in [9.17, 15) is 14.4 Å². The van der Waals surface area contributed by atoms with Gasteiger partial charge in [0, 0.05) is 6.54 Å². The first-order valence-corrected chi connectivity index (χ1v) is 8.19. The van der Waals surface area contributed by atoms with Crippen molar-refractivity contribution in [3.63, 3.8) is 0 Å². The molecule has 0 aromatic heterocycles. The van der Waals surface area contributed by atoms with E-state index >= 15 is 0 Å². The molecule has 1 aromatic rings. The minimum Gasteiger partial charge on any atom is -0.451 e. The number of carbonyl (C=O) groups is 3. The summed E-state index contributed by atoms with van der Waals surface area (Å²) >= 11 is 5.99. The SMILES string of the molecule is CCNC(=O)[C@@H](C)OC(=O)[C@@H](NC(=O)c1ccccc1Cl)C(C)C. The van der Waals surface area contributed by atoms with E-state index in [1.165, 1.54) is 6.92 Å². The van der Waals surface area contributed by atoms with Crippen LogP contribution in [0.4, 0.5) is 0 Å². The number of ether oxygens (including phenoxy) is 1. The zero-order valence-electron chi connectivity index (χ0n) is 14.3. The first-order chi connectivity index (χ1) is 11.3. The molecule has 0 aliphatic heterocycles. The number of hydrogen-bond donors (Lipinski definition) is 2. The number of rotatable bonds is 7. The fraction of sp³-hybridized carbons (Fsp3) is 0.471. The first kappa shape index (κ1) is 20.0. The van der Waals surface area contributed by atoms with Crippen molar-refractivity contribution < 1.29 is 19.1 Å². The standard InChI is InChI=1S/C17H23ClN2O4/c1-5-19-15(21)11(4)24-17(23)14(10(2)3)20-16(22)12-8-6-7-9-13(12)18/h6-11,14H,5H2,1-4H3,(H,19,21)(H,20,22)/t11-,14+/m1/s1. The highest BCUT2D eigenvalue weighted by Crippen LogP contribution is 2.16. The third-order valence-electron chi connectivity index (χ3n) is 3.34. The van der Waals surface area contributed by atoms with Gasteiger partial charge in [0.25, 0.3) is 11.8 Å². The first-order valence-electron chi connectivity index (χ1n) is 7.81. The zero-order valence-corrected chi connectivity index (χ0v) is 15.0. The summed E-state index contributed by atoms with van der Waals surface area (Å²) in [6.45, 7) is 7.24. The second-order valence-electron chi connectivity index (χ2n) is 5.65. The summed E-state index contributed by atoms with van der Waals surface area (Å²) < 4.78 is 5.16. The molecule has 0 unspecified atom stereocenters. The molecule has 6 nitrogen and oxygen atoms in total. The maximum absolute atomic E-state index is 12.3. The molecule has 7 heteroatoms. The van der Waals surface area contributed by atoms with Crippen LogP contribution in [0.3, 0.4) is 0 Å². The average molecular weight is 355 g/mol. The van der Waals surface area contributed by atoms with E-state index in [-0.39, 0.29) is 17.4 Å². The zero-order chi connectivity index (χ0) is 18.3. The highest BCUT2D eigenvalue weighted by Gasteiger charge is 2.29. The van der Waals surface area contributed by atoms with E-state index in [0.29, 0.717) is 11.6 Å². The molecule has 0 saturated carbocycles. The largest absolute Gasteiger partial charge is 0.451 e. The summed E-state index contributed by atoms with van der Waals surface area (Å²) in [7, 11) is 0. The van der Waals surface area contributed by atoms with Gasteiger partial charge in [0.1, 0.15) is 6.04 Å². The minimum atomic E-state index is -0.934. The smallest absolute Gasteiger partial charge is 0.329 e. The molecular formula is C17H23ClN2O4. The van der Waals surface area contributed by atoms with Crippen LogP contribution in [0, 0.1) is 5.92 Å². The summed E-state index contributed by atoms with van der Waals surface area (Å²) in [5.41, 5.74) is 0.273. The Hall–Kier alpha value is -2.08. The molecule has 0 aliphatic carbocycles. The molecule has 0 heterocycles. The average Bonchev–Trinajstić information content (AvgIpc) is 2.52. The maximum atomic E-state index is 12.3. The third-order valence-corrected chi connectivity index (χ3v) is 3.67. The topological polar surface area (TPSA) is 84.5 Å². The second-order valence-corrected chi connectivity index (χ2v) is 6.06. The van der Waals surface area contributed by atoms with Crippen molar-refractivity contribution in [2.45, 2.75) is 39.8 Å². The molecule has 2 N–H and O–H groups in total. The van der Waals surface area contributed by atoms with Crippen LogP contribution in [0.1, 0.15) is 38.1 Å². The number of likely N-dealkylation sites (N-methyl/N-ethyl adjacent to an activating group) is 1. The van der Waals surface area contributed by atoms with Gasteiger partial charge in [-0.2, -0.15) is 0 Å². The summed E-state index contributed by atoms with van der Waals surface area (Å²) in [4.78, 5) is 36.3. The van der Waals surface area contributed by atoms with Gasteiger partial charge in [0.2, 0.25) is 0 Å². The van der Waals surface area contributed by atoms with Crippen molar-refractivity contribution in [3.05, 3.63) is 34.9 Å². The lowest BCUT2D eigenvalue weighted by molar-refractivity contribution is -0.157. The van der Waals surface area contributed by atoms with Gasteiger partial charge in [0.15, 0.2) is 6.10 Å². The lowest BCUT2D eigenvalue weighted by Gasteiger charge is -2.23. The molecule has 0 bridgehead atoms. The van der Waals surface area contributed by atoms with Crippen molar-refractivity contribution in [3.8, 4) is 0 Å². The second kappa shape index (κ2) is 9.27. The van der Waals surface area contributed by atoms with Crippen LogP contribution in [-0.4, -0.2) is 36.5 Å². The molecule has 132 valence electrons. The Balaban J connectivity index is 2.80. The fourth-order valence-electron chi connectivity index (χ4n) is 1.98. The maximum Gasteiger partial charge on any atom is 0.329 e.